The second-order valence-electron chi connectivity index (χ2n) is 5.56. The minimum atomic E-state index is -0.723. The van der Waals surface area contributed by atoms with E-state index in [1.807, 2.05) is 6.07 Å². The molecule has 0 spiro atoms. The largest absolute Gasteiger partial charge is 0.481 e. The maximum atomic E-state index is 14.2. The number of ether oxygens (including phenoxy) is 1. The van der Waals surface area contributed by atoms with Crippen molar-refractivity contribution >= 4 is 23.2 Å². The number of para-hydroxylation sites is 1. The molecule has 0 bridgehead atoms. The molecule has 0 saturated carbocycles. The summed E-state index contributed by atoms with van der Waals surface area (Å²) < 4.78 is 19.8. The molecule has 5 heteroatoms. The van der Waals surface area contributed by atoms with E-state index >= 15 is 0 Å². The van der Waals surface area contributed by atoms with Gasteiger partial charge in [-0.05, 0) is 49.6 Å². The molecule has 0 N–H and O–H groups in total. The van der Waals surface area contributed by atoms with Gasteiger partial charge in [-0.2, -0.15) is 0 Å². The second kappa shape index (κ2) is 6.59. The molecule has 0 radical (unpaired) electrons. The lowest BCUT2D eigenvalue weighted by atomic mass is 10.0. The standard InChI is InChI=1S/C18H17ClFNO2/c1-12(23-15-8-3-7-14(19)11-15)18(22)21-10-4-6-13-5-2-9-16(20)17(13)21/h2-3,5,7-9,11-12H,4,6,10H2,1H3. The molecule has 1 unspecified atom stereocenters. The molecule has 1 atom stereocenters. The van der Waals surface area contributed by atoms with E-state index in [4.69, 9.17) is 16.3 Å². The number of anilines is 1. The van der Waals surface area contributed by atoms with Crippen LogP contribution >= 0.6 is 11.6 Å². The van der Waals surface area contributed by atoms with E-state index in [0.717, 1.165) is 18.4 Å². The van der Waals surface area contributed by atoms with Gasteiger partial charge in [0.2, 0.25) is 0 Å². The van der Waals surface area contributed by atoms with Gasteiger partial charge >= 0.3 is 0 Å². The van der Waals surface area contributed by atoms with Gasteiger partial charge in [0.1, 0.15) is 11.6 Å². The third kappa shape index (κ3) is 3.32. The molecule has 0 aromatic heterocycles. The Morgan fingerprint density at radius 2 is 2.09 bits per heavy atom. The zero-order valence-electron chi connectivity index (χ0n) is 12.8. The molecule has 1 amide bonds. The summed E-state index contributed by atoms with van der Waals surface area (Å²) in [6.45, 7) is 2.16. The number of fused-ring (bicyclic) bond motifs is 1. The van der Waals surface area contributed by atoms with Crippen LogP contribution in [0, 0.1) is 5.82 Å². The molecule has 0 saturated heterocycles. The first-order valence-electron chi connectivity index (χ1n) is 7.57. The molecule has 3 rings (SSSR count). The van der Waals surface area contributed by atoms with Gasteiger partial charge in [-0.3, -0.25) is 4.79 Å². The van der Waals surface area contributed by atoms with E-state index in [1.54, 1.807) is 37.3 Å². The Bertz CT molecular complexity index is 735. The second-order valence-corrected chi connectivity index (χ2v) is 5.99. The molecule has 0 fully saturated rings. The van der Waals surface area contributed by atoms with Crippen LogP contribution in [0.2, 0.25) is 5.02 Å². The van der Waals surface area contributed by atoms with Crippen molar-refractivity contribution < 1.29 is 13.9 Å². The molecule has 23 heavy (non-hydrogen) atoms. The minimum Gasteiger partial charge on any atom is -0.481 e. The third-order valence-corrected chi connectivity index (χ3v) is 4.13. The van der Waals surface area contributed by atoms with E-state index < -0.39 is 6.10 Å². The maximum absolute atomic E-state index is 14.2. The summed E-state index contributed by atoms with van der Waals surface area (Å²) in [5, 5.41) is 0.538. The smallest absolute Gasteiger partial charge is 0.267 e. The summed E-state index contributed by atoms with van der Waals surface area (Å²) in [4.78, 5) is 14.2. The van der Waals surface area contributed by atoms with Crippen molar-refractivity contribution in [1.82, 2.24) is 0 Å². The van der Waals surface area contributed by atoms with Crippen molar-refractivity contribution in [3.05, 3.63) is 58.9 Å². The number of rotatable bonds is 3. The molecular weight excluding hydrogens is 317 g/mol. The van der Waals surface area contributed by atoms with Gasteiger partial charge in [0.05, 0.1) is 5.69 Å². The lowest BCUT2D eigenvalue weighted by Gasteiger charge is -2.31. The molecular formula is C18H17ClFNO2. The number of nitrogens with zero attached hydrogens (tertiary/aromatic N) is 1. The van der Waals surface area contributed by atoms with Crippen molar-refractivity contribution in [3.8, 4) is 5.75 Å². The zero-order chi connectivity index (χ0) is 16.4. The van der Waals surface area contributed by atoms with Gasteiger partial charge in [-0.15, -0.1) is 0 Å². The van der Waals surface area contributed by atoms with Crippen LogP contribution in [0.25, 0.3) is 0 Å². The molecule has 2 aromatic carbocycles. The van der Waals surface area contributed by atoms with Crippen molar-refractivity contribution in [2.24, 2.45) is 0 Å². The van der Waals surface area contributed by atoms with Gasteiger partial charge in [-0.1, -0.05) is 29.8 Å². The first-order valence-corrected chi connectivity index (χ1v) is 7.95. The van der Waals surface area contributed by atoms with Gasteiger partial charge < -0.3 is 9.64 Å². The topological polar surface area (TPSA) is 29.5 Å². The third-order valence-electron chi connectivity index (χ3n) is 3.89. The minimum absolute atomic E-state index is 0.254. The first kappa shape index (κ1) is 15.8. The summed E-state index contributed by atoms with van der Waals surface area (Å²) >= 11 is 5.92. The van der Waals surface area contributed by atoms with Crippen molar-refractivity contribution in [2.75, 3.05) is 11.4 Å². The Morgan fingerprint density at radius 1 is 1.30 bits per heavy atom. The van der Waals surface area contributed by atoms with Crippen molar-refractivity contribution in [2.45, 2.75) is 25.9 Å². The average molecular weight is 334 g/mol. The maximum Gasteiger partial charge on any atom is 0.267 e. The van der Waals surface area contributed by atoms with E-state index in [2.05, 4.69) is 0 Å². The Labute approximate surface area is 139 Å². The van der Waals surface area contributed by atoms with Crippen LogP contribution in [0.1, 0.15) is 18.9 Å². The number of hydrogen-bond acceptors (Lipinski definition) is 2. The highest BCUT2D eigenvalue weighted by molar-refractivity contribution is 6.30. The van der Waals surface area contributed by atoms with Gasteiger partial charge in [0.25, 0.3) is 5.91 Å². The molecule has 1 aliphatic rings. The number of amides is 1. The van der Waals surface area contributed by atoms with E-state index in [0.29, 0.717) is 23.0 Å². The quantitative estimate of drug-likeness (QED) is 0.841. The molecule has 0 aliphatic carbocycles. The van der Waals surface area contributed by atoms with Gasteiger partial charge in [0.15, 0.2) is 6.10 Å². The fraction of sp³-hybridized carbons (Fsp3) is 0.278. The molecule has 2 aromatic rings. The van der Waals surface area contributed by atoms with E-state index in [1.165, 1.54) is 11.0 Å². The van der Waals surface area contributed by atoms with Gasteiger partial charge in [0, 0.05) is 11.6 Å². The lowest BCUT2D eigenvalue weighted by molar-refractivity contribution is -0.124. The fourth-order valence-corrected chi connectivity index (χ4v) is 3.02. The van der Waals surface area contributed by atoms with Crippen molar-refractivity contribution in [3.63, 3.8) is 0 Å². The fourth-order valence-electron chi connectivity index (χ4n) is 2.84. The summed E-state index contributed by atoms with van der Waals surface area (Å²) in [6.07, 6.45) is 0.867. The van der Waals surface area contributed by atoms with Crippen LogP contribution < -0.4 is 9.64 Å². The van der Waals surface area contributed by atoms with Crippen LogP contribution in [-0.2, 0) is 11.2 Å². The predicted molar refractivity (Wildman–Crippen MR) is 88.6 cm³/mol. The lowest BCUT2D eigenvalue weighted by Crippen LogP contribution is -2.43. The van der Waals surface area contributed by atoms with Gasteiger partial charge in [-0.25, -0.2) is 4.39 Å². The molecule has 120 valence electrons. The zero-order valence-corrected chi connectivity index (χ0v) is 13.5. The molecule has 1 heterocycles. The van der Waals surface area contributed by atoms with Crippen LogP contribution in [0.15, 0.2) is 42.5 Å². The Kier molecular flexibility index (Phi) is 4.53. The van der Waals surface area contributed by atoms with Crippen LogP contribution in [0.4, 0.5) is 10.1 Å². The number of benzene rings is 2. The summed E-state index contributed by atoms with van der Waals surface area (Å²) in [5.41, 5.74) is 1.24. The number of hydrogen-bond donors (Lipinski definition) is 0. The van der Waals surface area contributed by atoms with Crippen LogP contribution in [0.3, 0.4) is 0 Å². The first-order chi connectivity index (χ1) is 11.1. The van der Waals surface area contributed by atoms with Crippen LogP contribution in [0.5, 0.6) is 5.75 Å². The number of aryl methyl sites for hydroxylation is 1. The number of carbonyl (C=O) groups excluding carboxylic acids is 1. The summed E-state index contributed by atoms with van der Waals surface area (Å²) in [5.74, 6) is -0.106. The summed E-state index contributed by atoms with van der Waals surface area (Å²) in [6, 6.07) is 11.8. The van der Waals surface area contributed by atoms with Crippen LogP contribution in [-0.4, -0.2) is 18.6 Å². The van der Waals surface area contributed by atoms with E-state index in [-0.39, 0.29) is 11.7 Å². The highest BCUT2D eigenvalue weighted by Gasteiger charge is 2.29. The Balaban J connectivity index is 1.81. The highest BCUT2D eigenvalue weighted by Crippen LogP contribution is 2.31. The number of carbonyl (C=O) groups is 1. The normalized spacial score (nSPS) is 15.0. The summed E-state index contributed by atoms with van der Waals surface area (Å²) in [7, 11) is 0. The Morgan fingerprint density at radius 3 is 2.87 bits per heavy atom. The molecule has 3 nitrogen and oxygen atoms in total. The molecule has 1 aliphatic heterocycles. The highest BCUT2D eigenvalue weighted by atomic mass is 35.5. The predicted octanol–water partition coefficient (Wildman–Crippen LogP) is 4.23. The monoisotopic (exact) mass is 333 g/mol. The average Bonchev–Trinajstić information content (AvgIpc) is 2.54. The Hall–Kier alpha value is -2.07. The number of halogens is 2. The SMILES string of the molecule is CC(Oc1cccc(Cl)c1)C(=O)N1CCCc2cccc(F)c21. The van der Waals surface area contributed by atoms with E-state index in [9.17, 15) is 9.18 Å². The van der Waals surface area contributed by atoms with Crippen molar-refractivity contribution in [1.29, 1.82) is 0 Å².